The summed E-state index contributed by atoms with van der Waals surface area (Å²) in [6, 6.07) is 8.39. The second-order valence-electron chi connectivity index (χ2n) is 6.72. The molecule has 0 unspecified atom stereocenters. The molecule has 1 aliphatic rings. The summed E-state index contributed by atoms with van der Waals surface area (Å²) in [5.74, 6) is 1.65. The van der Waals surface area contributed by atoms with Gasteiger partial charge in [-0.2, -0.15) is 0 Å². The van der Waals surface area contributed by atoms with Crippen LogP contribution in [0.25, 0.3) is 0 Å². The molecule has 7 nitrogen and oxygen atoms in total. The fourth-order valence-electron chi connectivity index (χ4n) is 3.45. The quantitative estimate of drug-likeness (QED) is 0.821. The Balaban J connectivity index is 1.71. The predicted octanol–water partition coefficient (Wildman–Crippen LogP) is 3.62. The van der Waals surface area contributed by atoms with E-state index in [2.05, 4.69) is 52.2 Å². The van der Waals surface area contributed by atoms with Gasteiger partial charge in [0.2, 0.25) is 0 Å². The number of aromatic nitrogens is 2. The van der Waals surface area contributed by atoms with E-state index in [1.165, 1.54) is 11.1 Å². The summed E-state index contributed by atoms with van der Waals surface area (Å²) in [7, 11) is 0. The smallest absolute Gasteiger partial charge is 0.409 e. The van der Waals surface area contributed by atoms with Crippen LogP contribution in [-0.4, -0.2) is 53.7 Å². The number of amides is 1. The van der Waals surface area contributed by atoms with Crippen molar-refractivity contribution >= 4 is 23.4 Å². The maximum Gasteiger partial charge on any atom is 0.409 e. The van der Waals surface area contributed by atoms with Crippen LogP contribution < -0.4 is 10.2 Å². The summed E-state index contributed by atoms with van der Waals surface area (Å²) in [5, 5.41) is 3.50. The second-order valence-corrected chi connectivity index (χ2v) is 6.72. The van der Waals surface area contributed by atoms with Crippen LogP contribution in [0.15, 0.2) is 30.6 Å². The third kappa shape index (κ3) is 4.52. The highest BCUT2D eigenvalue weighted by Crippen LogP contribution is 2.27. The van der Waals surface area contributed by atoms with E-state index in [1.54, 1.807) is 11.2 Å². The van der Waals surface area contributed by atoms with Gasteiger partial charge in [-0.25, -0.2) is 14.8 Å². The molecule has 1 aromatic carbocycles. The molecule has 1 amide bonds. The zero-order chi connectivity index (χ0) is 19.9. The SMILES string of the molecule is CCOC(=O)N1CCN(c2cc(Nc3c(CC)cccc3CC)ncn2)CC1. The molecule has 28 heavy (non-hydrogen) atoms. The van der Waals surface area contributed by atoms with Crippen molar-refractivity contribution in [3.8, 4) is 0 Å². The molecule has 0 radical (unpaired) electrons. The van der Waals surface area contributed by atoms with E-state index in [1.807, 2.05) is 13.0 Å². The van der Waals surface area contributed by atoms with Gasteiger partial charge in [-0.3, -0.25) is 0 Å². The molecule has 0 spiro atoms. The van der Waals surface area contributed by atoms with Gasteiger partial charge in [-0.05, 0) is 30.9 Å². The van der Waals surface area contributed by atoms with Crippen molar-refractivity contribution < 1.29 is 9.53 Å². The van der Waals surface area contributed by atoms with E-state index in [0.29, 0.717) is 19.7 Å². The number of aryl methyl sites for hydroxylation is 2. The summed E-state index contributed by atoms with van der Waals surface area (Å²) in [4.78, 5) is 24.6. The molecule has 0 aliphatic carbocycles. The van der Waals surface area contributed by atoms with E-state index in [9.17, 15) is 4.79 Å². The maximum absolute atomic E-state index is 11.9. The van der Waals surface area contributed by atoms with Crippen LogP contribution >= 0.6 is 0 Å². The average molecular weight is 383 g/mol. The topological polar surface area (TPSA) is 70.6 Å². The van der Waals surface area contributed by atoms with Crippen LogP contribution in [-0.2, 0) is 17.6 Å². The molecular formula is C21H29N5O2. The molecule has 7 heteroatoms. The number of benzene rings is 1. The highest BCUT2D eigenvalue weighted by molar-refractivity contribution is 5.68. The fraction of sp³-hybridized carbons (Fsp3) is 0.476. The van der Waals surface area contributed by atoms with Crippen LogP contribution in [0.3, 0.4) is 0 Å². The van der Waals surface area contributed by atoms with Gasteiger partial charge in [0, 0.05) is 37.9 Å². The number of hydrogen-bond donors (Lipinski definition) is 1. The van der Waals surface area contributed by atoms with Crippen molar-refractivity contribution in [1.29, 1.82) is 0 Å². The van der Waals surface area contributed by atoms with Crippen molar-refractivity contribution in [3.63, 3.8) is 0 Å². The minimum atomic E-state index is -0.240. The highest BCUT2D eigenvalue weighted by Gasteiger charge is 2.23. The zero-order valence-electron chi connectivity index (χ0n) is 16.9. The zero-order valence-corrected chi connectivity index (χ0v) is 16.9. The second kappa shape index (κ2) is 9.39. The van der Waals surface area contributed by atoms with Gasteiger partial charge in [-0.1, -0.05) is 32.0 Å². The Morgan fingerprint density at radius 3 is 2.36 bits per heavy atom. The number of rotatable bonds is 6. The molecule has 1 N–H and O–H groups in total. The van der Waals surface area contributed by atoms with Crippen LogP contribution in [0.1, 0.15) is 31.9 Å². The van der Waals surface area contributed by atoms with Gasteiger partial charge in [0.05, 0.1) is 6.61 Å². The first-order valence-electron chi connectivity index (χ1n) is 10.0. The summed E-state index contributed by atoms with van der Waals surface area (Å²) in [6.07, 6.45) is 3.28. The third-order valence-electron chi connectivity index (χ3n) is 5.03. The predicted molar refractivity (Wildman–Crippen MR) is 111 cm³/mol. The lowest BCUT2D eigenvalue weighted by Crippen LogP contribution is -2.49. The fourth-order valence-corrected chi connectivity index (χ4v) is 3.45. The first-order valence-corrected chi connectivity index (χ1v) is 10.0. The van der Waals surface area contributed by atoms with Gasteiger partial charge in [-0.15, -0.1) is 0 Å². The van der Waals surface area contributed by atoms with Gasteiger partial charge in [0.15, 0.2) is 0 Å². The molecule has 1 aliphatic heterocycles. The van der Waals surface area contributed by atoms with Crippen LogP contribution in [0.5, 0.6) is 0 Å². The van der Waals surface area contributed by atoms with Crippen LogP contribution in [0.4, 0.5) is 22.1 Å². The molecule has 1 saturated heterocycles. The van der Waals surface area contributed by atoms with E-state index in [-0.39, 0.29) is 6.09 Å². The van der Waals surface area contributed by atoms with Crippen molar-refractivity contribution in [1.82, 2.24) is 14.9 Å². The molecule has 0 saturated carbocycles. The molecule has 2 heterocycles. The van der Waals surface area contributed by atoms with E-state index >= 15 is 0 Å². The van der Waals surface area contributed by atoms with Crippen molar-refractivity contribution in [2.45, 2.75) is 33.6 Å². The summed E-state index contributed by atoms with van der Waals surface area (Å²) < 4.78 is 5.08. The third-order valence-corrected chi connectivity index (χ3v) is 5.03. The molecule has 150 valence electrons. The molecule has 1 fully saturated rings. The monoisotopic (exact) mass is 383 g/mol. The Kier molecular flexibility index (Phi) is 6.68. The number of anilines is 3. The molecule has 3 rings (SSSR count). The Labute approximate surface area is 166 Å². The van der Waals surface area contributed by atoms with Crippen molar-refractivity contribution in [2.75, 3.05) is 43.0 Å². The molecule has 2 aromatic rings. The average Bonchev–Trinajstić information content (AvgIpc) is 2.74. The van der Waals surface area contributed by atoms with E-state index < -0.39 is 0 Å². The molecule has 1 aromatic heterocycles. The van der Waals surface area contributed by atoms with E-state index in [4.69, 9.17) is 4.74 Å². The Morgan fingerprint density at radius 1 is 1.07 bits per heavy atom. The van der Waals surface area contributed by atoms with Crippen LogP contribution in [0, 0.1) is 0 Å². The number of piperazine rings is 1. The lowest BCUT2D eigenvalue weighted by molar-refractivity contribution is 0.105. The normalized spacial score (nSPS) is 14.1. The first kappa shape index (κ1) is 19.9. The molecule has 0 bridgehead atoms. The van der Waals surface area contributed by atoms with Gasteiger partial charge < -0.3 is 19.9 Å². The minimum Gasteiger partial charge on any atom is -0.450 e. The number of ether oxygens (including phenoxy) is 1. The summed E-state index contributed by atoms with van der Waals surface area (Å²) >= 11 is 0. The Bertz CT molecular complexity index is 781. The number of carbonyl (C=O) groups is 1. The minimum absolute atomic E-state index is 0.240. The van der Waals surface area contributed by atoms with Crippen molar-refractivity contribution in [2.24, 2.45) is 0 Å². The summed E-state index contributed by atoms with van der Waals surface area (Å²) in [6.45, 7) is 9.25. The Hall–Kier alpha value is -2.83. The largest absolute Gasteiger partial charge is 0.450 e. The molecular weight excluding hydrogens is 354 g/mol. The lowest BCUT2D eigenvalue weighted by Gasteiger charge is -2.34. The number of nitrogens with one attached hydrogen (secondary N) is 1. The summed E-state index contributed by atoms with van der Waals surface area (Å²) in [5.41, 5.74) is 3.70. The highest BCUT2D eigenvalue weighted by atomic mass is 16.6. The number of hydrogen-bond acceptors (Lipinski definition) is 6. The standard InChI is InChI=1S/C21H29N5O2/c1-4-16-8-7-9-17(5-2)20(16)24-18-14-19(23-15-22-18)25-10-12-26(13-11-25)21(27)28-6-3/h7-9,14-15H,4-6,10-13H2,1-3H3,(H,22,23,24). The van der Waals surface area contributed by atoms with Gasteiger partial charge >= 0.3 is 6.09 Å². The number of para-hydroxylation sites is 1. The lowest BCUT2D eigenvalue weighted by atomic mass is 10.0. The Morgan fingerprint density at radius 2 is 1.75 bits per heavy atom. The maximum atomic E-state index is 11.9. The van der Waals surface area contributed by atoms with Crippen LogP contribution in [0.2, 0.25) is 0 Å². The van der Waals surface area contributed by atoms with E-state index in [0.717, 1.165) is 43.3 Å². The van der Waals surface area contributed by atoms with Crippen molar-refractivity contribution in [3.05, 3.63) is 41.7 Å². The van der Waals surface area contributed by atoms with Gasteiger partial charge in [0.25, 0.3) is 0 Å². The first-order chi connectivity index (χ1) is 13.7. The molecule has 0 atom stereocenters. The van der Waals surface area contributed by atoms with Gasteiger partial charge in [0.1, 0.15) is 18.0 Å². The number of nitrogens with zero attached hydrogens (tertiary/aromatic N) is 4. The number of carbonyl (C=O) groups excluding carboxylic acids is 1.